The molecule has 1 aliphatic heterocycles. The zero-order valence-electron chi connectivity index (χ0n) is 12.8. The Kier molecular flexibility index (Phi) is 3.99. The molecule has 0 bridgehead atoms. The lowest BCUT2D eigenvalue weighted by Gasteiger charge is -2.20. The van der Waals surface area contributed by atoms with Gasteiger partial charge in [-0.25, -0.2) is 18.5 Å². The van der Waals surface area contributed by atoms with Crippen molar-refractivity contribution in [2.24, 2.45) is 5.14 Å². The molecule has 2 aromatic rings. The van der Waals surface area contributed by atoms with E-state index in [0.29, 0.717) is 30.1 Å². The van der Waals surface area contributed by atoms with Crippen molar-refractivity contribution >= 4 is 32.9 Å². The van der Waals surface area contributed by atoms with Gasteiger partial charge in [-0.1, -0.05) is 0 Å². The standard InChI is InChI=1S/C14H19N5O3S/c1-10(20)18-5-2-6-19(8-7-18)14-16-12-4-3-11(23(15,21)22)9-13(12)17-14/h3-4,9H,2,5-8H2,1H3,(H,16,17)(H2,15,21,22). The average Bonchev–Trinajstić information content (AvgIpc) is 2.73. The SMILES string of the molecule is CC(=O)N1CCCN(c2nc3ccc(S(N)(=O)=O)cc3[nH]2)CC1. The molecule has 0 spiro atoms. The first kappa shape index (κ1) is 15.8. The number of amides is 1. The number of imidazole rings is 1. The summed E-state index contributed by atoms with van der Waals surface area (Å²) in [5.74, 6) is 0.756. The van der Waals surface area contributed by atoms with Crippen LogP contribution < -0.4 is 10.0 Å². The quantitative estimate of drug-likeness (QED) is 0.817. The van der Waals surface area contributed by atoms with Crippen molar-refractivity contribution in [3.63, 3.8) is 0 Å². The summed E-state index contributed by atoms with van der Waals surface area (Å²) in [6.45, 7) is 4.43. The van der Waals surface area contributed by atoms with Gasteiger partial charge in [0.1, 0.15) is 0 Å². The molecular formula is C14H19N5O3S. The second kappa shape index (κ2) is 5.82. The number of H-pyrrole nitrogens is 1. The summed E-state index contributed by atoms with van der Waals surface area (Å²) in [5.41, 5.74) is 1.30. The van der Waals surface area contributed by atoms with Gasteiger partial charge in [-0.05, 0) is 24.6 Å². The molecule has 0 saturated carbocycles. The number of aromatic amines is 1. The van der Waals surface area contributed by atoms with E-state index < -0.39 is 10.0 Å². The van der Waals surface area contributed by atoms with Gasteiger partial charge in [-0.15, -0.1) is 0 Å². The van der Waals surface area contributed by atoms with Crippen molar-refractivity contribution in [2.75, 3.05) is 31.1 Å². The largest absolute Gasteiger partial charge is 0.341 e. The summed E-state index contributed by atoms with van der Waals surface area (Å²) in [5, 5.41) is 5.15. The fraction of sp³-hybridized carbons (Fsp3) is 0.429. The predicted molar refractivity (Wildman–Crippen MR) is 86.6 cm³/mol. The molecular weight excluding hydrogens is 318 g/mol. The van der Waals surface area contributed by atoms with Crippen LogP contribution in [0, 0.1) is 0 Å². The van der Waals surface area contributed by atoms with Crippen LogP contribution in [-0.4, -0.2) is 55.4 Å². The van der Waals surface area contributed by atoms with Gasteiger partial charge in [0.05, 0.1) is 15.9 Å². The van der Waals surface area contributed by atoms with E-state index in [1.807, 2.05) is 4.90 Å². The van der Waals surface area contributed by atoms with Crippen molar-refractivity contribution in [3.05, 3.63) is 18.2 Å². The Bertz CT molecular complexity index is 845. The van der Waals surface area contributed by atoms with Gasteiger partial charge in [0, 0.05) is 33.1 Å². The van der Waals surface area contributed by atoms with E-state index in [0.717, 1.165) is 19.5 Å². The maximum atomic E-state index is 11.5. The third-order valence-corrected chi connectivity index (χ3v) is 4.92. The van der Waals surface area contributed by atoms with Crippen molar-refractivity contribution in [1.29, 1.82) is 0 Å². The Morgan fingerprint density at radius 2 is 2.04 bits per heavy atom. The molecule has 1 amide bonds. The number of hydrogen-bond acceptors (Lipinski definition) is 5. The number of carbonyl (C=O) groups excluding carboxylic acids is 1. The molecule has 2 heterocycles. The highest BCUT2D eigenvalue weighted by molar-refractivity contribution is 7.89. The molecule has 9 heteroatoms. The molecule has 0 aliphatic carbocycles. The summed E-state index contributed by atoms with van der Waals surface area (Å²) >= 11 is 0. The third-order valence-electron chi connectivity index (χ3n) is 4.01. The number of rotatable bonds is 2. The van der Waals surface area contributed by atoms with Crippen LogP contribution >= 0.6 is 0 Å². The number of nitrogens with zero attached hydrogens (tertiary/aromatic N) is 3. The fourth-order valence-corrected chi connectivity index (χ4v) is 3.29. The Morgan fingerprint density at radius 1 is 1.26 bits per heavy atom. The van der Waals surface area contributed by atoms with E-state index >= 15 is 0 Å². The summed E-state index contributed by atoms with van der Waals surface area (Å²) < 4.78 is 22.9. The van der Waals surface area contributed by atoms with Crippen LogP contribution in [0.2, 0.25) is 0 Å². The number of fused-ring (bicyclic) bond motifs is 1. The van der Waals surface area contributed by atoms with Crippen LogP contribution in [0.1, 0.15) is 13.3 Å². The highest BCUT2D eigenvalue weighted by Gasteiger charge is 2.19. The number of anilines is 1. The van der Waals surface area contributed by atoms with E-state index in [-0.39, 0.29) is 10.8 Å². The third kappa shape index (κ3) is 3.30. The van der Waals surface area contributed by atoms with Crippen LogP contribution in [0.5, 0.6) is 0 Å². The van der Waals surface area contributed by atoms with Crippen LogP contribution in [0.4, 0.5) is 5.95 Å². The van der Waals surface area contributed by atoms with Gasteiger partial charge in [0.25, 0.3) is 0 Å². The number of nitrogens with one attached hydrogen (secondary N) is 1. The molecule has 1 saturated heterocycles. The molecule has 1 aromatic carbocycles. The van der Waals surface area contributed by atoms with E-state index in [1.165, 1.54) is 12.1 Å². The first-order valence-corrected chi connectivity index (χ1v) is 8.92. The number of sulfonamides is 1. The lowest BCUT2D eigenvalue weighted by atomic mass is 10.3. The van der Waals surface area contributed by atoms with Crippen molar-refractivity contribution in [3.8, 4) is 0 Å². The van der Waals surface area contributed by atoms with E-state index in [1.54, 1.807) is 13.0 Å². The number of aromatic nitrogens is 2. The minimum atomic E-state index is -3.74. The van der Waals surface area contributed by atoms with Crippen molar-refractivity contribution in [2.45, 2.75) is 18.2 Å². The smallest absolute Gasteiger partial charge is 0.238 e. The molecule has 0 atom stereocenters. The molecule has 0 unspecified atom stereocenters. The highest BCUT2D eigenvalue weighted by atomic mass is 32.2. The van der Waals surface area contributed by atoms with Crippen molar-refractivity contribution < 1.29 is 13.2 Å². The number of carbonyl (C=O) groups is 1. The van der Waals surface area contributed by atoms with E-state index in [2.05, 4.69) is 14.9 Å². The van der Waals surface area contributed by atoms with Gasteiger partial charge in [0.15, 0.2) is 0 Å². The van der Waals surface area contributed by atoms with E-state index in [9.17, 15) is 13.2 Å². The molecule has 0 radical (unpaired) electrons. The van der Waals surface area contributed by atoms with Gasteiger partial charge in [-0.2, -0.15) is 0 Å². The van der Waals surface area contributed by atoms with Crippen LogP contribution in [-0.2, 0) is 14.8 Å². The summed E-state index contributed by atoms with van der Waals surface area (Å²) in [6, 6.07) is 4.57. The Morgan fingerprint density at radius 3 is 2.74 bits per heavy atom. The molecule has 1 aromatic heterocycles. The molecule has 23 heavy (non-hydrogen) atoms. The molecule has 3 N–H and O–H groups in total. The lowest BCUT2D eigenvalue weighted by molar-refractivity contribution is -0.128. The van der Waals surface area contributed by atoms with Crippen molar-refractivity contribution in [1.82, 2.24) is 14.9 Å². The molecule has 1 aliphatic rings. The minimum absolute atomic E-state index is 0.0545. The van der Waals surface area contributed by atoms with E-state index in [4.69, 9.17) is 5.14 Å². The molecule has 3 rings (SSSR count). The number of nitrogens with two attached hydrogens (primary N) is 1. The number of benzene rings is 1. The van der Waals surface area contributed by atoms with Gasteiger partial charge in [-0.3, -0.25) is 4.79 Å². The van der Waals surface area contributed by atoms with Crippen LogP contribution in [0.3, 0.4) is 0 Å². The van der Waals surface area contributed by atoms with Gasteiger partial charge >= 0.3 is 0 Å². The number of hydrogen-bond donors (Lipinski definition) is 2. The zero-order valence-corrected chi connectivity index (χ0v) is 13.6. The maximum absolute atomic E-state index is 11.5. The summed E-state index contributed by atoms with van der Waals surface area (Å²) in [7, 11) is -3.74. The minimum Gasteiger partial charge on any atom is -0.341 e. The first-order valence-electron chi connectivity index (χ1n) is 7.37. The lowest BCUT2D eigenvalue weighted by Crippen LogP contribution is -2.33. The second-order valence-electron chi connectivity index (χ2n) is 5.63. The molecule has 1 fully saturated rings. The fourth-order valence-electron chi connectivity index (χ4n) is 2.75. The van der Waals surface area contributed by atoms with Gasteiger partial charge < -0.3 is 14.8 Å². The Balaban J connectivity index is 1.87. The Hall–Kier alpha value is -2.13. The maximum Gasteiger partial charge on any atom is 0.238 e. The monoisotopic (exact) mass is 337 g/mol. The second-order valence-corrected chi connectivity index (χ2v) is 7.19. The summed E-state index contributed by atoms with van der Waals surface area (Å²) in [4.78, 5) is 23.1. The molecule has 124 valence electrons. The number of primary sulfonamides is 1. The van der Waals surface area contributed by atoms with Crippen LogP contribution in [0.25, 0.3) is 11.0 Å². The van der Waals surface area contributed by atoms with Gasteiger partial charge in [0.2, 0.25) is 21.9 Å². The average molecular weight is 337 g/mol. The normalized spacial score (nSPS) is 16.6. The first-order chi connectivity index (χ1) is 10.8. The molecule has 8 nitrogen and oxygen atoms in total. The van der Waals surface area contributed by atoms with Crippen LogP contribution in [0.15, 0.2) is 23.1 Å². The topological polar surface area (TPSA) is 112 Å². The highest BCUT2D eigenvalue weighted by Crippen LogP contribution is 2.21. The summed E-state index contributed by atoms with van der Waals surface area (Å²) in [6.07, 6.45) is 0.860. The Labute approximate surface area is 134 Å². The predicted octanol–water partition coefficient (Wildman–Crippen LogP) is 0.269. The zero-order chi connectivity index (χ0) is 16.6.